The number of rotatable bonds is 1. The third-order valence-electron chi connectivity index (χ3n) is 2.69. The van der Waals surface area contributed by atoms with Crippen molar-refractivity contribution in [2.24, 2.45) is 0 Å². The molecule has 0 aliphatic heterocycles. The second-order valence-corrected chi connectivity index (χ2v) is 4.28. The molecule has 0 amide bonds. The molecule has 2 aromatic carbocycles. The molecule has 0 bridgehead atoms. The number of hydrogen-bond acceptors (Lipinski definition) is 2. The summed E-state index contributed by atoms with van der Waals surface area (Å²) >= 11 is 0. The molecule has 0 unspecified atom stereocenters. The van der Waals surface area contributed by atoms with E-state index in [0.29, 0.717) is 0 Å². The lowest BCUT2D eigenvalue weighted by Crippen LogP contribution is -2.07. The minimum atomic E-state index is 0.718. The zero-order valence-electron chi connectivity index (χ0n) is 10.6. The highest BCUT2D eigenvalue weighted by Gasteiger charge is 1.94. The van der Waals surface area contributed by atoms with Crippen molar-refractivity contribution in [3.8, 4) is 11.8 Å². The molecule has 2 heteroatoms. The Balaban J connectivity index is 2.23. The van der Waals surface area contributed by atoms with Crippen LogP contribution in [0.2, 0.25) is 0 Å². The zero-order valence-corrected chi connectivity index (χ0v) is 10.6. The first-order valence-corrected chi connectivity index (χ1v) is 5.81. The summed E-state index contributed by atoms with van der Waals surface area (Å²) in [5.41, 5.74) is 9.58. The third kappa shape index (κ3) is 2.83. The van der Waals surface area contributed by atoms with Gasteiger partial charge in [0.15, 0.2) is 0 Å². The van der Waals surface area contributed by atoms with Gasteiger partial charge in [-0.2, -0.15) is 0 Å². The zero-order chi connectivity index (χ0) is 13.0. The van der Waals surface area contributed by atoms with Gasteiger partial charge >= 0.3 is 0 Å². The van der Waals surface area contributed by atoms with Crippen molar-refractivity contribution in [2.75, 3.05) is 24.7 Å². The Labute approximate surface area is 108 Å². The summed E-state index contributed by atoms with van der Waals surface area (Å²) in [5, 5.41) is 0. The number of benzene rings is 2. The summed E-state index contributed by atoms with van der Waals surface area (Å²) in [7, 11) is 4.04. The van der Waals surface area contributed by atoms with Gasteiger partial charge in [0.05, 0.1) is 0 Å². The van der Waals surface area contributed by atoms with Crippen molar-refractivity contribution in [1.29, 1.82) is 0 Å². The van der Waals surface area contributed by atoms with E-state index in [-0.39, 0.29) is 0 Å². The normalized spacial score (nSPS) is 9.44. The van der Waals surface area contributed by atoms with Crippen LogP contribution in [0, 0.1) is 11.8 Å². The number of nitrogen functional groups attached to an aromatic ring is 1. The fourth-order valence-electron chi connectivity index (χ4n) is 1.59. The molecule has 18 heavy (non-hydrogen) atoms. The number of nitrogens with two attached hydrogens (primary N) is 1. The fraction of sp³-hybridized carbons (Fsp3) is 0.125. The van der Waals surface area contributed by atoms with Crippen LogP contribution in [0.25, 0.3) is 0 Å². The molecule has 0 heterocycles. The molecule has 0 atom stereocenters. The summed E-state index contributed by atoms with van der Waals surface area (Å²) in [4.78, 5) is 2.06. The molecular formula is C16H16N2. The summed E-state index contributed by atoms with van der Waals surface area (Å²) in [6.07, 6.45) is 0. The predicted molar refractivity (Wildman–Crippen MR) is 77.6 cm³/mol. The van der Waals surface area contributed by atoms with Crippen molar-refractivity contribution in [2.45, 2.75) is 0 Å². The summed E-state index contributed by atoms with van der Waals surface area (Å²) in [6.45, 7) is 0. The molecule has 0 aliphatic carbocycles. The van der Waals surface area contributed by atoms with E-state index >= 15 is 0 Å². The molecule has 0 fully saturated rings. The SMILES string of the molecule is CN(C)c1ccc(C#Cc2ccccc2N)cc1. The molecule has 0 spiro atoms. The standard InChI is InChI=1S/C16H16N2/c1-18(2)15-11-8-13(9-12-15)7-10-14-5-3-4-6-16(14)17/h3-6,8-9,11-12H,17H2,1-2H3. The van der Waals surface area contributed by atoms with Crippen LogP contribution in [0.5, 0.6) is 0 Å². The number of anilines is 2. The number of hydrogen-bond donors (Lipinski definition) is 1. The average Bonchev–Trinajstić information content (AvgIpc) is 2.38. The quantitative estimate of drug-likeness (QED) is 0.609. The number of para-hydroxylation sites is 1. The minimum Gasteiger partial charge on any atom is -0.398 e. The van der Waals surface area contributed by atoms with Crippen LogP contribution >= 0.6 is 0 Å². The molecule has 0 aromatic heterocycles. The van der Waals surface area contributed by atoms with Crippen molar-refractivity contribution >= 4 is 11.4 Å². The lowest BCUT2D eigenvalue weighted by atomic mass is 10.1. The highest BCUT2D eigenvalue weighted by Crippen LogP contribution is 2.12. The summed E-state index contributed by atoms with van der Waals surface area (Å²) in [5.74, 6) is 6.21. The van der Waals surface area contributed by atoms with E-state index in [0.717, 1.165) is 16.8 Å². The highest BCUT2D eigenvalue weighted by atomic mass is 15.1. The van der Waals surface area contributed by atoms with Gasteiger partial charge in [-0.15, -0.1) is 0 Å². The van der Waals surface area contributed by atoms with Gasteiger partial charge in [-0.05, 0) is 36.4 Å². The lowest BCUT2D eigenvalue weighted by molar-refractivity contribution is 1.13. The van der Waals surface area contributed by atoms with Crippen LogP contribution in [-0.4, -0.2) is 14.1 Å². The van der Waals surface area contributed by atoms with E-state index in [1.165, 1.54) is 5.69 Å². The molecule has 2 nitrogen and oxygen atoms in total. The predicted octanol–water partition coefficient (Wildman–Crippen LogP) is 2.73. The topological polar surface area (TPSA) is 29.3 Å². The largest absolute Gasteiger partial charge is 0.398 e. The van der Waals surface area contributed by atoms with E-state index < -0.39 is 0 Å². The first kappa shape index (κ1) is 12.1. The maximum Gasteiger partial charge on any atom is 0.0478 e. The van der Waals surface area contributed by atoms with E-state index in [4.69, 9.17) is 5.73 Å². The van der Waals surface area contributed by atoms with E-state index in [9.17, 15) is 0 Å². The van der Waals surface area contributed by atoms with Gasteiger partial charge in [-0.25, -0.2) is 0 Å². The summed E-state index contributed by atoms with van der Waals surface area (Å²) in [6, 6.07) is 15.8. The molecule has 2 aromatic rings. The van der Waals surface area contributed by atoms with Gasteiger partial charge in [0, 0.05) is 36.6 Å². The van der Waals surface area contributed by atoms with Crippen molar-refractivity contribution in [3.05, 3.63) is 59.7 Å². The molecule has 0 saturated heterocycles. The van der Waals surface area contributed by atoms with Gasteiger partial charge < -0.3 is 10.6 Å². The molecule has 0 radical (unpaired) electrons. The van der Waals surface area contributed by atoms with Gasteiger partial charge in [0.25, 0.3) is 0 Å². The van der Waals surface area contributed by atoms with Gasteiger partial charge in [-0.3, -0.25) is 0 Å². The van der Waals surface area contributed by atoms with E-state index in [1.54, 1.807) is 0 Å². The Morgan fingerprint density at radius 3 is 2.17 bits per heavy atom. The Hall–Kier alpha value is -2.40. The van der Waals surface area contributed by atoms with Crippen LogP contribution in [0.4, 0.5) is 11.4 Å². The van der Waals surface area contributed by atoms with Crippen molar-refractivity contribution < 1.29 is 0 Å². The molecule has 90 valence electrons. The molecule has 0 aliphatic rings. The monoisotopic (exact) mass is 236 g/mol. The highest BCUT2D eigenvalue weighted by molar-refractivity contribution is 5.58. The third-order valence-corrected chi connectivity index (χ3v) is 2.69. The van der Waals surface area contributed by atoms with Crippen LogP contribution in [-0.2, 0) is 0 Å². The Kier molecular flexibility index (Phi) is 3.54. The van der Waals surface area contributed by atoms with Crippen molar-refractivity contribution in [3.63, 3.8) is 0 Å². The van der Waals surface area contributed by atoms with E-state index in [2.05, 4.69) is 28.9 Å². The Morgan fingerprint density at radius 2 is 1.56 bits per heavy atom. The van der Waals surface area contributed by atoms with Crippen molar-refractivity contribution in [1.82, 2.24) is 0 Å². The molecule has 0 saturated carbocycles. The molecule has 2 N–H and O–H groups in total. The van der Waals surface area contributed by atoms with Gasteiger partial charge in [0.1, 0.15) is 0 Å². The molecule has 2 rings (SSSR count). The fourth-order valence-corrected chi connectivity index (χ4v) is 1.59. The second kappa shape index (κ2) is 5.29. The average molecular weight is 236 g/mol. The first-order valence-electron chi connectivity index (χ1n) is 5.81. The minimum absolute atomic E-state index is 0.718. The van der Waals surface area contributed by atoms with Crippen LogP contribution in [0.1, 0.15) is 11.1 Å². The van der Waals surface area contributed by atoms with Crippen LogP contribution < -0.4 is 10.6 Å². The Bertz CT molecular complexity index is 586. The lowest BCUT2D eigenvalue weighted by Gasteiger charge is -2.11. The van der Waals surface area contributed by atoms with Crippen LogP contribution in [0.3, 0.4) is 0 Å². The Morgan fingerprint density at radius 1 is 0.889 bits per heavy atom. The maximum absolute atomic E-state index is 5.84. The smallest absolute Gasteiger partial charge is 0.0478 e. The summed E-state index contributed by atoms with van der Waals surface area (Å²) < 4.78 is 0. The van der Waals surface area contributed by atoms with E-state index in [1.807, 2.05) is 50.5 Å². The maximum atomic E-state index is 5.84. The second-order valence-electron chi connectivity index (χ2n) is 4.28. The van der Waals surface area contributed by atoms with Gasteiger partial charge in [-0.1, -0.05) is 24.0 Å². The molecular weight excluding hydrogens is 220 g/mol. The van der Waals surface area contributed by atoms with Gasteiger partial charge in [0.2, 0.25) is 0 Å². The number of nitrogens with zero attached hydrogens (tertiary/aromatic N) is 1. The first-order chi connectivity index (χ1) is 8.66. The van der Waals surface area contributed by atoms with Crippen LogP contribution in [0.15, 0.2) is 48.5 Å².